The summed E-state index contributed by atoms with van der Waals surface area (Å²) in [4.78, 5) is 20.0. The molecule has 0 aromatic heterocycles. The summed E-state index contributed by atoms with van der Waals surface area (Å²) in [5.74, 6) is 1.63. The largest absolute Gasteiger partial charge is 0.445 e. The fourth-order valence-electron chi connectivity index (χ4n) is 5.47. The van der Waals surface area contributed by atoms with E-state index in [1.54, 1.807) is 4.90 Å². The minimum absolute atomic E-state index is 0.251. The van der Waals surface area contributed by atoms with Crippen LogP contribution in [0.5, 0.6) is 0 Å². The lowest BCUT2D eigenvalue weighted by molar-refractivity contribution is 0.101. The molecule has 1 aliphatic carbocycles. The molecule has 2 aliphatic rings. The van der Waals surface area contributed by atoms with Crippen molar-refractivity contribution >= 4 is 29.0 Å². The zero-order valence-corrected chi connectivity index (χ0v) is 22.4. The lowest BCUT2D eigenvalue weighted by Crippen LogP contribution is -2.47. The Morgan fingerprint density at radius 1 is 1.09 bits per heavy atom. The topological polar surface area (TPSA) is 36.0 Å². The summed E-state index contributed by atoms with van der Waals surface area (Å²) >= 11 is 5.35. The van der Waals surface area contributed by atoms with E-state index >= 15 is 0 Å². The van der Waals surface area contributed by atoms with Crippen LogP contribution in [0.2, 0.25) is 0 Å². The highest BCUT2D eigenvalue weighted by Gasteiger charge is 2.32. The van der Waals surface area contributed by atoms with E-state index in [1.807, 2.05) is 44.3 Å². The van der Waals surface area contributed by atoms with Crippen LogP contribution in [-0.2, 0) is 17.8 Å². The van der Waals surface area contributed by atoms with Crippen molar-refractivity contribution in [3.05, 3.63) is 65.2 Å². The molecule has 35 heavy (non-hydrogen) atoms. The van der Waals surface area contributed by atoms with E-state index in [0.717, 1.165) is 49.6 Å². The van der Waals surface area contributed by atoms with Crippen LogP contribution in [0.4, 0.5) is 10.5 Å². The molecule has 0 N–H and O–H groups in total. The van der Waals surface area contributed by atoms with Crippen LogP contribution < -0.4 is 4.90 Å². The van der Waals surface area contributed by atoms with E-state index in [1.165, 1.54) is 16.8 Å². The third-order valence-corrected chi connectivity index (χ3v) is 8.33. The molecule has 1 amide bonds. The number of amides is 1. The van der Waals surface area contributed by atoms with Gasteiger partial charge in [0.05, 0.1) is 4.99 Å². The zero-order valence-electron chi connectivity index (χ0n) is 21.6. The third-order valence-electron chi connectivity index (χ3n) is 8.08. The van der Waals surface area contributed by atoms with Gasteiger partial charge in [0.25, 0.3) is 0 Å². The molecular weight excluding hydrogens is 454 g/mol. The van der Waals surface area contributed by atoms with Crippen LogP contribution in [0.25, 0.3) is 0 Å². The number of nitrogens with zero attached hydrogens (tertiary/aromatic N) is 3. The van der Waals surface area contributed by atoms with Crippen molar-refractivity contribution in [2.75, 3.05) is 44.7 Å². The molecule has 1 aliphatic heterocycles. The quantitative estimate of drug-likeness (QED) is 0.481. The lowest BCUT2D eigenvalue weighted by Gasteiger charge is -2.39. The van der Waals surface area contributed by atoms with Crippen molar-refractivity contribution < 1.29 is 9.53 Å². The molecule has 5 nitrogen and oxygen atoms in total. The van der Waals surface area contributed by atoms with Crippen LogP contribution in [0.1, 0.15) is 49.8 Å². The summed E-state index contributed by atoms with van der Waals surface area (Å²) < 4.78 is 5.50. The smallest absolute Gasteiger partial charge is 0.409 e. The van der Waals surface area contributed by atoms with Gasteiger partial charge >= 0.3 is 6.09 Å². The third kappa shape index (κ3) is 6.16. The van der Waals surface area contributed by atoms with Crippen molar-refractivity contribution in [1.82, 2.24) is 9.80 Å². The number of carbonyl (C=O) groups is 1. The highest BCUT2D eigenvalue weighted by molar-refractivity contribution is 7.80. The molecule has 2 unspecified atom stereocenters. The minimum Gasteiger partial charge on any atom is -0.445 e. The number of carbonyl (C=O) groups excluding carboxylic acids is 1. The van der Waals surface area contributed by atoms with Gasteiger partial charge in [-0.3, -0.25) is 0 Å². The molecule has 0 spiro atoms. The Kier molecular flexibility index (Phi) is 8.32. The summed E-state index contributed by atoms with van der Waals surface area (Å²) in [6, 6.07) is 16.9. The molecule has 188 valence electrons. The first-order chi connectivity index (χ1) is 16.8. The maximum atomic E-state index is 12.5. The standard InChI is InChI=1S/C29H39N3O2S/c1-21-22(2)28-19-27(32-16-14-31(15-17-32)23(3)35)11-10-26(28)18-25(21)12-13-30(4)29(33)34-20-24-8-6-5-7-9-24/h5-11,19,21-22,25H,12-18,20H2,1-4H3/t21?,22?,25-/m0/s1. The maximum Gasteiger partial charge on any atom is 0.409 e. The fourth-order valence-corrected chi connectivity index (χ4v) is 5.66. The van der Waals surface area contributed by atoms with Crippen molar-refractivity contribution in [2.24, 2.45) is 11.8 Å². The summed E-state index contributed by atoms with van der Waals surface area (Å²) in [6.45, 7) is 11.8. The van der Waals surface area contributed by atoms with Gasteiger partial charge in [-0.25, -0.2) is 4.79 Å². The lowest BCUT2D eigenvalue weighted by atomic mass is 9.69. The van der Waals surface area contributed by atoms with Gasteiger partial charge in [0.15, 0.2) is 0 Å². The van der Waals surface area contributed by atoms with Crippen LogP contribution in [0.3, 0.4) is 0 Å². The molecule has 0 radical (unpaired) electrons. The van der Waals surface area contributed by atoms with Crippen molar-refractivity contribution in [2.45, 2.75) is 46.1 Å². The molecule has 0 bridgehead atoms. The Balaban J connectivity index is 1.32. The fraction of sp³-hybridized carbons (Fsp3) is 0.517. The van der Waals surface area contributed by atoms with Gasteiger partial charge in [-0.15, -0.1) is 0 Å². The zero-order chi connectivity index (χ0) is 24.9. The van der Waals surface area contributed by atoms with Crippen LogP contribution in [0.15, 0.2) is 48.5 Å². The molecule has 3 atom stereocenters. The Hall–Kier alpha value is -2.60. The second-order valence-electron chi connectivity index (χ2n) is 10.2. The van der Waals surface area contributed by atoms with Crippen LogP contribution >= 0.6 is 12.2 Å². The van der Waals surface area contributed by atoms with E-state index in [0.29, 0.717) is 30.9 Å². The Morgan fingerprint density at radius 3 is 2.49 bits per heavy atom. The first-order valence-electron chi connectivity index (χ1n) is 12.9. The maximum absolute atomic E-state index is 12.5. The summed E-state index contributed by atoms with van der Waals surface area (Å²) in [5.41, 5.74) is 5.31. The van der Waals surface area contributed by atoms with E-state index in [2.05, 4.69) is 41.8 Å². The monoisotopic (exact) mass is 493 g/mol. The number of fused-ring (bicyclic) bond motifs is 1. The molecule has 1 fully saturated rings. The number of benzene rings is 2. The number of hydrogen-bond donors (Lipinski definition) is 0. The van der Waals surface area contributed by atoms with Gasteiger partial charge in [-0.2, -0.15) is 0 Å². The average molecular weight is 494 g/mol. The summed E-state index contributed by atoms with van der Waals surface area (Å²) in [7, 11) is 1.84. The van der Waals surface area contributed by atoms with E-state index in [4.69, 9.17) is 17.0 Å². The van der Waals surface area contributed by atoms with Gasteiger partial charge in [0.2, 0.25) is 0 Å². The molecule has 6 heteroatoms. The van der Waals surface area contributed by atoms with E-state index < -0.39 is 0 Å². The predicted molar refractivity (Wildman–Crippen MR) is 147 cm³/mol. The molecular formula is C29H39N3O2S. The Morgan fingerprint density at radius 2 is 1.80 bits per heavy atom. The molecule has 1 heterocycles. The Bertz CT molecular complexity index is 1020. The van der Waals surface area contributed by atoms with Gasteiger partial charge < -0.3 is 19.4 Å². The summed E-state index contributed by atoms with van der Waals surface area (Å²) in [6.07, 6.45) is 1.81. The number of anilines is 1. The average Bonchev–Trinajstić information content (AvgIpc) is 2.88. The first kappa shape index (κ1) is 25.5. The van der Waals surface area contributed by atoms with Gasteiger partial charge in [-0.1, -0.05) is 62.5 Å². The number of ether oxygens (including phenoxy) is 1. The highest BCUT2D eigenvalue weighted by Crippen LogP contribution is 2.42. The van der Waals surface area contributed by atoms with Crippen molar-refractivity contribution in [1.29, 1.82) is 0 Å². The van der Waals surface area contributed by atoms with E-state index in [-0.39, 0.29) is 6.09 Å². The first-order valence-corrected chi connectivity index (χ1v) is 13.3. The van der Waals surface area contributed by atoms with Gasteiger partial charge in [0.1, 0.15) is 6.61 Å². The number of piperazine rings is 1. The predicted octanol–water partition coefficient (Wildman–Crippen LogP) is 5.73. The Labute approximate surface area is 216 Å². The van der Waals surface area contributed by atoms with Crippen molar-refractivity contribution in [3.63, 3.8) is 0 Å². The molecule has 4 rings (SSSR count). The number of hydrogen-bond acceptors (Lipinski definition) is 4. The minimum atomic E-state index is -0.251. The SMILES string of the molecule is CC(=S)N1CCN(c2ccc3c(c2)C(C)C(C)[C@@H](CCN(C)C(=O)OCc2ccccc2)C3)CC1. The molecule has 2 aromatic carbocycles. The van der Waals surface area contributed by atoms with Crippen molar-refractivity contribution in [3.8, 4) is 0 Å². The number of thiocarbonyl (C=S) groups is 1. The normalized spacial score (nSPS) is 21.9. The second kappa shape index (κ2) is 11.4. The van der Waals surface area contributed by atoms with Crippen LogP contribution in [0, 0.1) is 11.8 Å². The molecule has 2 aromatic rings. The van der Waals surface area contributed by atoms with Gasteiger partial charge in [-0.05, 0) is 66.3 Å². The number of rotatable bonds is 6. The van der Waals surface area contributed by atoms with Gasteiger partial charge in [0, 0.05) is 45.5 Å². The summed E-state index contributed by atoms with van der Waals surface area (Å²) in [5, 5.41) is 0. The molecule has 1 saturated heterocycles. The van der Waals surface area contributed by atoms with E-state index in [9.17, 15) is 4.79 Å². The highest BCUT2D eigenvalue weighted by atomic mass is 32.1. The molecule has 0 saturated carbocycles. The second-order valence-corrected chi connectivity index (χ2v) is 10.8. The van der Waals surface area contributed by atoms with Crippen LogP contribution in [-0.4, -0.2) is 60.7 Å².